The fourth-order valence-corrected chi connectivity index (χ4v) is 1.59. The van der Waals surface area contributed by atoms with Gasteiger partial charge in [0.2, 0.25) is 0 Å². The van der Waals surface area contributed by atoms with Crippen LogP contribution in [0.3, 0.4) is 0 Å². The van der Waals surface area contributed by atoms with Crippen LogP contribution in [0.5, 0.6) is 5.75 Å². The summed E-state index contributed by atoms with van der Waals surface area (Å²) in [5, 5.41) is 10.8. The van der Waals surface area contributed by atoms with Crippen LogP contribution in [-0.2, 0) is 6.42 Å². The van der Waals surface area contributed by atoms with Gasteiger partial charge in [-0.3, -0.25) is 10.1 Å². The molecule has 0 aliphatic heterocycles. The molecule has 0 aliphatic rings. The SMILES string of the molecule is COc1cc(CC(C)(C)CN)cc([N+](=O)[O-])c1. The monoisotopic (exact) mass is 238 g/mol. The molecule has 5 heteroatoms. The molecule has 0 spiro atoms. The van der Waals surface area contributed by atoms with Crippen molar-refractivity contribution in [1.82, 2.24) is 0 Å². The lowest BCUT2D eigenvalue weighted by molar-refractivity contribution is -0.385. The van der Waals surface area contributed by atoms with E-state index in [1.54, 1.807) is 6.07 Å². The van der Waals surface area contributed by atoms with Crippen LogP contribution in [0.1, 0.15) is 19.4 Å². The Morgan fingerprint density at radius 2 is 2.06 bits per heavy atom. The van der Waals surface area contributed by atoms with Crippen LogP contribution in [0.2, 0.25) is 0 Å². The summed E-state index contributed by atoms with van der Waals surface area (Å²) in [7, 11) is 1.50. The van der Waals surface area contributed by atoms with Crippen LogP contribution in [-0.4, -0.2) is 18.6 Å². The number of ether oxygens (including phenoxy) is 1. The molecule has 0 saturated carbocycles. The van der Waals surface area contributed by atoms with E-state index in [0.29, 0.717) is 18.7 Å². The van der Waals surface area contributed by atoms with Gasteiger partial charge in [0.05, 0.1) is 18.1 Å². The van der Waals surface area contributed by atoms with Gasteiger partial charge in [-0.2, -0.15) is 0 Å². The van der Waals surface area contributed by atoms with Gasteiger partial charge in [-0.1, -0.05) is 13.8 Å². The molecule has 0 amide bonds. The number of non-ortho nitro benzene ring substituents is 1. The van der Waals surface area contributed by atoms with Gasteiger partial charge in [0.1, 0.15) is 5.75 Å². The van der Waals surface area contributed by atoms with Gasteiger partial charge >= 0.3 is 0 Å². The van der Waals surface area contributed by atoms with Crippen molar-refractivity contribution in [2.24, 2.45) is 11.1 Å². The summed E-state index contributed by atoms with van der Waals surface area (Å²) < 4.78 is 5.06. The summed E-state index contributed by atoms with van der Waals surface area (Å²) in [6.07, 6.45) is 0.682. The highest BCUT2D eigenvalue weighted by Gasteiger charge is 2.19. The highest BCUT2D eigenvalue weighted by Crippen LogP contribution is 2.27. The van der Waals surface area contributed by atoms with Gasteiger partial charge in [-0.15, -0.1) is 0 Å². The number of hydrogen-bond donors (Lipinski definition) is 1. The summed E-state index contributed by atoms with van der Waals surface area (Å²) in [5.74, 6) is 0.502. The van der Waals surface area contributed by atoms with Crippen molar-refractivity contribution in [1.29, 1.82) is 0 Å². The summed E-state index contributed by atoms with van der Waals surface area (Å²) in [6, 6.07) is 4.79. The topological polar surface area (TPSA) is 78.4 Å². The summed E-state index contributed by atoms with van der Waals surface area (Å²) in [5.41, 5.74) is 6.49. The predicted molar refractivity (Wildman–Crippen MR) is 66.2 cm³/mol. The molecule has 0 radical (unpaired) electrons. The molecule has 0 aromatic heterocycles. The zero-order valence-electron chi connectivity index (χ0n) is 10.4. The molecule has 17 heavy (non-hydrogen) atoms. The Bertz CT molecular complexity index is 416. The van der Waals surface area contributed by atoms with Gasteiger partial charge in [0.25, 0.3) is 5.69 Å². The Kier molecular flexibility index (Phi) is 4.07. The molecule has 0 heterocycles. The van der Waals surface area contributed by atoms with Crippen molar-refractivity contribution >= 4 is 5.69 Å². The van der Waals surface area contributed by atoms with Crippen LogP contribution in [0.15, 0.2) is 18.2 Å². The lowest BCUT2D eigenvalue weighted by atomic mass is 9.86. The van der Waals surface area contributed by atoms with Gasteiger partial charge < -0.3 is 10.5 Å². The second-order valence-corrected chi connectivity index (χ2v) is 4.84. The maximum absolute atomic E-state index is 10.8. The minimum absolute atomic E-state index is 0.0483. The van der Waals surface area contributed by atoms with Crippen molar-refractivity contribution in [2.45, 2.75) is 20.3 Å². The Morgan fingerprint density at radius 1 is 1.41 bits per heavy atom. The number of rotatable bonds is 5. The fourth-order valence-electron chi connectivity index (χ4n) is 1.59. The molecule has 1 aromatic rings. The third-order valence-electron chi connectivity index (χ3n) is 2.63. The van der Waals surface area contributed by atoms with Crippen LogP contribution in [0.25, 0.3) is 0 Å². The maximum Gasteiger partial charge on any atom is 0.273 e. The summed E-state index contributed by atoms with van der Waals surface area (Å²) in [6.45, 7) is 4.58. The third kappa shape index (κ3) is 3.71. The second kappa shape index (κ2) is 5.14. The molecule has 1 aromatic carbocycles. The molecule has 0 unspecified atom stereocenters. The second-order valence-electron chi connectivity index (χ2n) is 4.84. The van der Waals surface area contributed by atoms with Crippen molar-refractivity contribution < 1.29 is 9.66 Å². The van der Waals surface area contributed by atoms with Gasteiger partial charge in [-0.05, 0) is 30.0 Å². The van der Waals surface area contributed by atoms with Crippen molar-refractivity contribution in [2.75, 3.05) is 13.7 Å². The van der Waals surface area contributed by atoms with Crippen LogP contribution in [0.4, 0.5) is 5.69 Å². The molecule has 0 atom stereocenters. The van der Waals surface area contributed by atoms with Crippen molar-refractivity contribution in [3.05, 3.63) is 33.9 Å². The number of nitrogens with zero attached hydrogens (tertiary/aromatic N) is 1. The number of benzene rings is 1. The van der Waals surface area contributed by atoms with E-state index in [4.69, 9.17) is 10.5 Å². The summed E-state index contributed by atoms with van der Waals surface area (Å²) >= 11 is 0. The minimum Gasteiger partial charge on any atom is -0.496 e. The van der Waals surface area contributed by atoms with Gasteiger partial charge in [0, 0.05) is 6.07 Å². The molecule has 2 N–H and O–H groups in total. The third-order valence-corrected chi connectivity index (χ3v) is 2.63. The zero-order valence-corrected chi connectivity index (χ0v) is 10.4. The minimum atomic E-state index is -0.415. The molecule has 1 rings (SSSR count). The molecule has 0 fully saturated rings. The molecule has 0 bridgehead atoms. The van der Waals surface area contributed by atoms with Crippen molar-refractivity contribution in [3.8, 4) is 5.75 Å². The fraction of sp³-hybridized carbons (Fsp3) is 0.500. The van der Waals surface area contributed by atoms with Crippen LogP contribution >= 0.6 is 0 Å². The number of nitrogens with two attached hydrogens (primary N) is 1. The smallest absolute Gasteiger partial charge is 0.273 e. The number of nitro groups is 1. The first kappa shape index (κ1) is 13.4. The summed E-state index contributed by atoms with van der Waals surface area (Å²) in [4.78, 5) is 10.4. The van der Waals surface area contributed by atoms with Gasteiger partial charge in [-0.25, -0.2) is 0 Å². The first-order valence-corrected chi connectivity index (χ1v) is 5.40. The average molecular weight is 238 g/mol. The predicted octanol–water partition coefficient (Wildman–Crippen LogP) is 2.13. The molecule has 0 saturated heterocycles. The number of nitro benzene ring substituents is 1. The van der Waals surface area contributed by atoms with E-state index in [1.165, 1.54) is 13.2 Å². The lowest BCUT2D eigenvalue weighted by Gasteiger charge is -2.22. The van der Waals surface area contributed by atoms with Crippen LogP contribution in [0, 0.1) is 15.5 Å². The van der Waals surface area contributed by atoms with E-state index < -0.39 is 4.92 Å². The Balaban J connectivity index is 3.07. The van der Waals surface area contributed by atoms with E-state index in [1.807, 2.05) is 19.9 Å². The highest BCUT2D eigenvalue weighted by molar-refractivity contribution is 5.43. The average Bonchev–Trinajstić information content (AvgIpc) is 2.28. The number of methoxy groups -OCH3 is 1. The lowest BCUT2D eigenvalue weighted by Crippen LogP contribution is -2.25. The van der Waals surface area contributed by atoms with Crippen LogP contribution < -0.4 is 10.5 Å². The standard InChI is InChI=1S/C12H18N2O3/c1-12(2,8-13)7-9-4-10(14(15)16)6-11(5-9)17-3/h4-6H,7-8,13H2,1-3H3. The quantitative estimate of drug-likeness (QED) is 0.629. The van der Waals surface area contributed by atoms with E-state index in [9.17, 15) is 10.1 Å². The van der Waals surface area contributed by atoms with E-state index in [-0.39, 0.29) is 11.1 Å². The Morgan fingerprint density at radius 3 is 2.53 bits per heavy atom. The first-order chi connectivity index (χ1) is 7.88. The van der Waals surface area contributed by atoms with E-state index in [2.05, 4.69) is 0 Å². The molecule has 5 nitrogen and oxygen atoms in total. The first-order valence-electron chi connectivity index (χ1n) is 5.40. The van der Waals surface area contributed by atoms with Gasteiger partial charge in [0.15, 0.2) is 0 Å². The molecular weight excluding hydrogens is 220 g/mol. The molecule has 94 valence electrons. The van der Waals surface area contributed by atoms with Crippen molar-refractivity contribution in [3.63, 3.8) is 0 Å². The Labute approximate surface area is 101 Å². The normalized spacial score (nSPS) is 11.3. The number of hydrogen-bond acceptors (Lipinski definition) is 4. The maximum atomic E-state index is 10.8. The largest absolute Gasteiger partial charge is 0.496 e. The van der Waals surface area contributed by atoms with E-state index >= 15 is 0 Å². The Hall–Kier alpha value is -1.62. The molecular formula is C12H18N2O3. The van der Waals surface area contributed by atoms with E-state index in [0.717, 1.165) is 5.56 Å². The zero-order chi connectivity index (χ0) is 13.1. The molecule has 0 aliphatic carbocycles. The highest BCUT2D eigenvalue weighted by atomic mass is 16.6.